The number of nitrogen functional groups attached to an aromatic ring is 1. The van der Waals surface area contributed by atoms with Crippen LogP contribution in [0.25, 0.3) is 0 Å². The van der Waals surface area contributed by atoms with Crippen LogP contribution in [0.3, 0.4) is 0 Å². The molecule has 0 fully saturated rings. The molecule has 0 spiro atoms. The summed E-state index contributed by atoms with van der Waals surface area (Å²) < 4.78 is 4.61. The third-order valence-corrected chi connectivity index (χ3v) is 2.25. The summed E-state index contributed by atoms with van der Waals surface area (Å²) in [7, 11) is 1.36. The van der Waals surface area contributed by atoms with Gasteiger partial charge in [0, 0.05) is 0 Å². The molecular weight excluding hydrogens is 192 g/mol. The second-order valence-corrected chi connectivity index (χ2v) is 3.43. The summed E-state index contributed by atoms with van der Waals surface area (Å²) in [5, 5.41) is 3.00. The molecule has 0 saturated heterocycles. The Bertz CT molecular complexity index is 364. The summed E-state index contributed by atoms with van der Waals surface area (Å²) >= 11 is 0. The maximum atomic E-state index is 11.2. The number of hydrogen-bond acceptors (Lipinski definition) is 4. The third-order valence-electron chi connectivity index (χ3n) is 2.25. The lowest BCUT2D eigenvalue weighted by molar-refractivity contribution is -0.141. The van der Waals surface area contributed by atoms with Crippen LogP contribution in [0.5, 0.6) is 0 Å². The van der Waals surface area contributed by atoms with Gasteiger partial charge < -0.3 is 15.8 Å². The number of ether oxygens (including phenoxy) is 1. The van der Waals surface area contributed by atoms with Crippen LogP contribution < -0.4 is 11.1 Å². The standard InChI is InChI=1S/C11H16N2O2/c1-7-5-4-6-9(10(7)12)13-8(2)11(14)15-3/h4-6,8,13H,12H2,1-3H3. The molecule has 0 aromatic heterocycles. The Balaban J connectivity index is 2.81. The van der Waals surface area contributed by atoms with Crippen LogP contribution >= 0.6 is 0 Å². The van der Waals surface area contributed by atoms with Crippen molar-refractivity contribution in [2.24, 2.45) is 0 Å². The Labute approximate surface area is 89.4 Å². The van der Waals surface area contributed by atoms with Crippen molar-refractivity contribution in [3.8, 4) is 0 Å². The maximum Gasteiger partial charge on any atom is 0.327 e. The molecule has 82 valence electrons. The van der Waals surface area contributed by atoms with E-state index in [-0.39, 0.29) is 5.97 Å². The zero-order valence-corrected chi connectivity index (χ0v) is 9.20. The van der Waals surface area contributed by atoms with Gasteiger partial charge in [-0.05, 0) is 25.5 Å². The highest BCUT2D eigenvalue weighted by Gasteiger charge is 2.13. The van der Waals surface area contributed by atoms with E-state index in [1.165, 1.54) is 7.11 Å². The lowest BCUT2D eigenvalue weighted by atomic mass is 10.1. The van der Waals surface area contributed by atoms with Crippen LogP contribution in [0, 0.1) is 6.92 Å². The van der Waals surface area contributed by atoms with Crippen molar-refractivity contribution in [2.45, 2.75) is 19.9 Å². The Morgan fingerprint density at radius 1 is 1.53 bits per heavy atom. The highest BCUT2D eigenvalue weighted by molar-refractivity contribution is 5.81. The number of rotatable bonds is 3. The average molecular weight is 208 g/mol. The van der Waals surface area contributed by atoms with Crippen LogP contribution in [0.1, 0.15) is 12.5 Å². The van der Waals surface area contributed by atoms with Gasteiger partial charge in [0.15, 0.2) is 0 Å². The molecule has 0 aliphatic rings. The van der Waals surface area contributed by atoms with Gasteiger partial charge in [-0.25, -0.2) is 4.79 Å². The molecule has 0 saturated carbocycles. The molecule has 1 atom stereocenters. The van der Waals surface area contributed by atoms with Gasteiger partial charge in [0.25, 0.3) is 0 Å². The molecular formula is C11H16N2O2. The number of benzene rings is 1. The fourth-order valence-electron chi connectivity index (χ4n) is 1.28. The molecule has 3 N–H and O–H groups in total. The number of carbonyl (C=O) groups is 1. The van der Waals surface area contributed by atoms with Crippen molar-refractivity contribution in [3.05, 3.63) is 23.8 Å². The summed E-state index contributed by atoms with van der Waals surface area (Å²) in [5.74, 6) is -0.309. The number of anilines is 2. The molecule has 0 radical (unpaired) electrons. The largest absolute Gasteiger partial charge is 0.467 e. The molecule has 4 nitrogen and oxygen atoms in total. The zero-order valence-electron chi connectivity index (χ0n) is 9.20. The molecule has 1 unspecified atom stereocenters. The van der Waals surface area contributed by atoms with Crippen molar-refractivity contribution in [3.63, 3.8) is 0 Å². The Hall–Kier alpha value is -1.71. The van der Waals surface area contributed by atoms with Crippen LogP contribution in [-0.2, 0) is 9.53 Å². The average Bonchev–Trinajstić information content (AvgIpc) is 2.23. The number of carbonyl (C=O) groups excluding carboxylic acids is 1. The van der Waals surface area contributed by atoms with Crippen LogP contribution in [0.2, 0.25) is 0 Å². The van der Waals surface area contributed by atoms with Crippen molar-refractivity contribution < 1.29 is 9.53 Å². The molecule has 0 heterocycles. The monoisotopic (exact) mass is 208 g/mol. The molecule has 15 heavy (non-hydrogen) atoms. The molecule has 0 amide bonds. The van der Waals surface area contributed by atoms with E-state index in [2.05, 4.69) is 10.1 Å². The Kier molecular flexibility index (Phi) is 3.55. The Morgan fingerprint density at radius 2 is 2.20 bits per heavy atom. The van der Waals surface area contributed by atoms with Crippen LogP contribution in [0.4, 0.5) is 11.4 Å². The maximum absolute atomic E-state index is 11.2. The fraction of sp³-hybridized carbons (Fsp3) is 0.364. The Morgan fingerprint density at radius 3 is 2.80 bits per heavy atom. The van der Waals surface area contributed by atoms with E-state index in [0.29, 0.717) is 5.69 Å². The first kappa shape index (κ1) is 11.4. The van der Waals surface area contributed by atoms with Gasteiger partial charge in [0.2, 0.25) is 0 Å². The predicted octanol–water partition coefficient (Wildman–Crippen LogP) is 1.55. The van der Waals surface area contributed by atoms with E-state index in [9.17, 15) is 4.79 Å². The highest BCUT2D eigenvalue weighted by Crippen LogP contribution is 2.22. The number of nitrogens with one attached hydrogen (secondary N) is 1. The minimum Gasteiger partial charge on any atom is -0.467 e. The molecule has 0 aliphatic carbocycles. The van der Waals surface area contributed by atoms with Gasteiger partial charge >= 0.3 is 5.97 Å². The number of methoxy groups -OCH3 is 1. The molecule has 0 aliphatic heterocycles. The molecule has 0 bridgehead atoms. The number of esters is 1. The minimum atomic E-state index is -0.404. The van der Waals surface area contributed by atoms with E-state index in [1.807, 2.05) is 25.1 Å². The van der Waals surface area contributed by atoms with Crippen molar-refractivity contribution in [2.75, 3.05) is 18.2 Å². The van der Waals surface area contributed by atoms with Crippen molar-refractivity contribution in [1.82, 2.24) is 0 Å². The smallest absolute Gasteiger partial charge is 0.327 e. The second kappa shape index (κ2) is 4.68. The zero-order chi connectivity index (χ0) is 11.4. The number of para-hydroxylation sites is 1. The summed E-state index contributed by atoms with van der Waals surface area (Å²) in [5.41, 5.74) is 8.26. The molecule has 1 aromatic rings. The van der Waals surface area contributed by atoms with Gasteiger partial charge in [-0.2, -0.15) is 0 Å². The van der Waals surface area contributed by atoms with Gasteiger partial charge in [-0.15, -0.1) is 0 Å². The minimum absolute atomic E-state index is 0.309. The third kappa shape index (κ3) is 2.62. The van der Waals surface area contributed by atoms with Crippen LogP contribution in [-0.4, -0.2) is 19.1 Å². The number of hydrogen-bond donors (Lipinski definition) is 2. The van der Waals surface area contributed by atoms with Gasteiger partial charge in [0.05, 0.1) is 18.5 Å². The summed E-state index contributed by atoms with van der Waals surface area (Å²) in [6.07, 6.45) is 0. The first-order valence-electron chi connectivity index (χ1n) is 4.75. The normalized spacial score (nSPS) is 11.9. The lowest BCUT2D eigenvalue weighted by Gasteiger charge is -2.15. The van der Waals surface area contributed by atoms with E-state index in [0.717, 1.165) is 11.3 Å². The van der Waals surface area contributed by atoms with E-state index in [1.54, 1.807) is 6.92 Å². The SMILES string of the molecule is COC(=O)C(C)Nc1cccc(C)c1N. The quantitative estimate of drug-likeness (QED) is 0.584. The van der Waals surface area contributed by atoms with E-state index >= 15 is 0 Å². The van der Waals surface area contributed by atoms with E-state index in [4.69, 9.17) is 5.73 Å². The number of nitrogens with two attached hydrogens (primary N) is 1. The summed E-state index contributed by atoms with van der Waals surface area (Å²) in [6.45, 7) is 3.65. The fourth-order valence-corrected chi connectivity index (χ4v) is 1.28. The summed E-state index contributed by atoms with van der Waals surface area (Å²) in [4.78, 5) is 11.2. The summed E-state index contributed by atoms with van der Waals surface area (Å²) in [6, 6.07) is 5.24. The van der Waals surface area contributed by atoms with Gasteiger partial charge in [-0.1, -0.05) is 12.1 Å². The molecule has 1 aromatic carbocycles. The lowest BCUT2D eigenvalue weighted by Crippen LogP contribution is -2.27. The van der Waals surface area contributed by atoms with Crippen molar-refractivity contribution >= 4 is 17.3 Å². The second-order valence-electron chi connectivity index (χ2n) is 3.43. The van der Waals surface area contributed by atoms with Crippen molar-refractivity contribution in [1.29, 1.82) is 0 Å². The molecule has 1 rings (SSSR count). The number of aryl methyl sites for hydroxylation is 1. The first-order valence-corrected chi connectivity index (χ1v) is 4.75. The van der Waals surface area contributed by atoms with Gasteiger partial charge in [0.1, 0.15) is 6.04 Å². The highest BCUT2D eigenvalue weighted by atomic mass is 16.5. The first-order chi connectivity index (χ1) is 7.06. The van der Waals surface area contributed by atoms with E-state index < -0.39 is 6.04 Å². The van der Waals surface area contributed by atoms with Gasteiger partial charge in [-0.3, -0.25) is 0 Å². The molecule has 4 heteroatoms. The predicted molar refractivity (Wildman–Crippen MR) is 60.7 cm³/mol. The topological polar surface area (TPSA) is 64.3 Å². The van der Waals surface area contributed by atoms with Crippen LogP contribution in [0.15, 0.2) is 18.2 Å².